The summed E-state index contributed by atoms with van der Waals surface area (Å²) in [5.74, 6) is 0.826. The van der Waals surface area contributed by atoms with Gasteiger partial charge in [0.05, 0.1) is 17.8 Å². The molecule has 2 rings (SSSR count). The second kappa shape index (κ2) is 6.61. The summed E-state index contributed by atoms with van der Waals surface area (Å²) in [6.07, 6.45) is 5.07. The van der Waals surface area contributed by atoms with Gasteiger partial charge in [-0.2, -0.15) is 5.10 Å². The molecule has 1 aromatic heterocycles. The average Bonchev–Trinajstić information content (AvgIpc) is 2.86. The molecule has 1 aromatic carbocycles. The molecule has 0 saturated carbocycles. The van der Waals surface area contributed by atoms with Crippen molar-refractivity contribution < 1.29 is 4.74 Å². The van der Waals surface area contributed by atoms with Gasteiger partial charge in [-0.1, -0.05) is 6.92 Å². The van der Waals surface area contributed by atoms with Gasteiger partial charge in [0.2, 0.25) is 0 Å². The quantitative estimate of drug-likeness (QED) is 0.881. The van der Waals surface area contributed by atoms with E-state index in [2.05, 4.69) is 39.5 Å². The summed E-state index contributed by atoms with van der Waals surface area (Å²) in [5.41, 5.74) is 2.21. The summed E-state index contributed by atoms with van der Waals surface area (Å²) in [4.78, 5) is 0. The molecular weight excluding hydrogens is 306 g/mol. The van der Waals surface area contributed by atoms with Crippen molar-refractivity contribution in [1.29, 1.82) is 0 Å². The fourth-order valence-corrected chi connectivity index (χ4v) is 2.23. The Labute approximate surface area is 121 Å². The van der Waals surface area contributed by atoms with Crippen LogP contribution in [0.25, 0.3) is 0 Å². The minimum Gasteiger partial charge on any atom is -0.495 e. The van der Waals surface area contributed by atoms with E-state index in [1.54, 1.807) is 7.11 Å². The Morgan fingerprint density at radius 2 is 2.26 bits per heavy atom. The molecular formula is C14H18BrN3O. The Morgan fingerprint density at radius 1 is 1.42 bits per heavy atom. The van der Waals surface area contributed by atoms with Gasteiger partial charge >= 0.3 is 0 Å². The van der Waals surface area contributed by atoms with Crippen LogP contribution in [0.2, 0.25) is 0 Å². The van der Waals surface area contributed by atoms with Crippen LogP contribution in [-0.2, 0) is 13.1 Å². The lowest BCUT2D eigenvalue weighted by molar-refractivity contribution is 0.412. The van der Waals surface area contributed by atoms with E-state index in [4.69, 9.17) is 4.74 Å². The monoisotopic (exact) mass is 323 g/mol. The molecule has 19 heavy (non-hydrogen) atoms. The molecule has 1 heterocycles. The van der Waals surface area contributed by atoms with Crippen LogP contribution in [0.1, 0.15) is 18.9 Å². The van der Waals surface area contributed by atoms with E-state index >= 15 is 0 Å². The fraction of sp³-hybridized carbons (Fsp3) is 0.357. The van der Waals surface area contributed by atoms with E-state index in [-0.39, 0.29) is 0 Å². The molecule has 4 nitrogen and oxygen atoms in total. The molecule has 1 N–H and O–H groups in total. The van der Waals surface area contributed by atoms with Gasteiger partial charge in [-0.05, 0) is 34.5 Å². The SMILES string of the molecule is CCCn1cc(CNc2ccc(Br)c(OC)c2)cn1. The molecule has 0 aliphatic heterocycles. The number of benzene rings is 1. The van der Waals surface area contributed by atoms with E-state index in [1.807, 2.05) is 29.1 Å². The van der Waals surface area contributed by atoms with Crippen molar-refractivity contribution in [3.8, 4) is 5.75 Å². The second-order valence-electron chi connectivity index (χ2n) is 4.31. The van der Waals surface area contributed by atoms with E-state index in [1.165, 1.54) is 5.56 Å². The number of methoxy groups -OCH3 is 1. The Balaban J connectivity index is 1.97. The summed E-state index contributed by atoms with van der Waals surface area (Å²) in [6, 6.07) is 5.96. The van der Waals surface area contributed by atoms with Crippen LogP contribution in [0.3, 0.4) is 0 Å². The van der Waals surface area contributed by atoms with Crippen LogP contribution in [-0.4, -0.2) is 16.9 Å². The number of aromatic nitrogens is 2. The predicted molar refractivity (Wildman–Crippen MR) is 80.5 cm³/mol. The van der Waals surface area contributed by atoms with Crippen molar-refractivity contribution in [3.63, 3.8) is 0 Å². The highest BCUT2D eigenvalue weighted by Crippen LogP contribution is 2.27. The first-order valence-electron chi connectivity index (χ1n) is 6.31. The Bertz CT molecular complexity index is 539. The van der Waals surface area contributed by atoms with Crippen LogP contribution in [0, 0.1) is 0 Å². The van der Waals surface area contributed by atoms with E-state index < -0.39 is 0 Å². The number of ether oxygens (including phenoxy) is 1. The molecule has 0 unspecified atom stereocenters. The lowest BCUT2D eigenvalue weighted by Crippen LogP contribution is -1.99. The number of hydrogen-bond donors (Lipinski definition) is 1. The summed E-state index contributed by atoms with van der Waals surface area (Å²) < 4.78 is 8.20. The zero-order valence-electron chi connectivity index (χ0n) is 11.2. The summed E-state index contributed by atoms with van der Waals surface area (Å²) >= 11 is 3.44. The summed E-state index contributed by atoms with van der Waals surface area (Å²) in [5, 5.41) is 7.67. The Hall–Kier alpha value is -1.49. The third-order valence-electron chi connectivity index (χ3n) is 2.79. The van der Waals surface area contributed by atoms with Crippen LogP contribution in [0.5, 0.6) is 5.75 Å². The van der Waals surface area contributed by atoms with Crippen molar-refractivity contribution >= 4 is 21.6 Å². The highest BCUT2D eigenvalue weighted by Gasteiger charge is 2.02. The number of halogens is 1. The molecule has 0 bridgehead atoms. The van der Waals surface area contributed by atoms with Crippen LogP contribution in [0.15, 0.2) is 35.1 Å². The van der Waals surface area contributed by atoms with Gasteiger partial charge in [-0.25, -0.2) is 0 Å². The molecule has 0 radical (unpaired) electrons. The molecule has 5 heteroatoms. The normalized spacial score (nSPS) is 10.5. The number of nitrogens with zero attached hydrogens (tertiary/aromatic N) is 2. The van der Waals surface area contributed by atoms with E-state index in [9.17, 15) is 0 Å². The Kier molecular flexibility index (Phi) is 4.85. The van der Waals surface area contributed by atoms with Crippen LogP contribution >= 0.6 is 15.9 Å². The maximum absolute atomic E-state index is 5.27. The van der Waals surface area contributed by atoms with Crippen molar-refractivity contribution in [2.75, 3.05) is 12.4 Å². The van der Waals surface area contributed by atoms with Crippen molar-refractivity contribution in [1.82, 2.24) is 9.78 Å². The maximum atomic E-state index is 5.27. The van der Waals surface area contributed by atoms with Crippen LogP contribution in [0.4, 0.5) is 5.69 Å². The smallest absolute Gasteiger partial charge is 0.135 e. The molecule has 2 aromatic rings. The maximum Gasteiger partial charge on any atom is 0.135 e. The largest absolute Gasteiger partial charge is 0.495 e. The predicted octanol–water partition coefficient (Wildman–Crippen LogP) is 3.68. The number of aryl methyl sites for hydroxylation is 1. The fourth-order valence-electron chi connectivity index (χ4n) is 1.82. The van der Waals surface area contributed by atoms with Crippen LogP contribution < -0.4 is 10.1 Å². The first-order valence-corrected chi connectivity index (χ1v) is 7.11. The third kappa shape index (κ3) is 3.73. The van der Waals surface area contributed by atoms with E-state index in [0.717, 1.165) is 35.4 Å². The summed E-state index contributed by atoms with van der Waals surface area (Å²) in [6.45, 7) is 3.87. The zero-order valence-corrected chi connectivity index (χ0v) is 12.8. The zero-order chi connectivity index (χ0) is 13.7. The number of rotatable bonds is 6. The number of nitrogens with one attached hydrogen (secondary N) is 1. The minimum absolute atomic E-state index is 0.758. The number of anilines is 1. The van der Waals surface area contributed by atoms with Crippen molar-refractivity contribution in [2.24, 2.45) is 0 Å². The first kappa shape index (κ1) is 13.9. The molecule has 0 fully saturated rings. The lowest BCUT2D eigenvalue weighted by atomic mass is 10.3. The third-order valence-corrected chi connectivity index (χ3v) is 3.44. The molecule has 102 valence electrons. The highest BCUT2D eigenvalue weighted by atomic mass is 79.9. The van der Waals surface area contributed by atoms with Crippen molar-refractivity contribution in [3.05, 3.63) is 40.6 Å². The minimum atomic E-state index is 0.758. The van der Waals surface area contributed by atoms with Gasteiger partial charge in [0, 0.05) is 36.6 Å². The topological polar surface area (TPSA) is 39.1 Å². The van der Waals surface area contributed by atoms with E-state index in [0.29, 0.717) is 0 Å². The Morgan fingerprint density at radius 3 is 3.00 bits per heavy atom. The highest BCUT2D eigenvalue weighted by molar-refractivity contribution is 9.10. The molecule has 0 saturated heterocycles. The van der Waals surface area contributed by atoms with Gasteiger partial charge < -0.3 is 10.1 Å². The molecule has 0 aliphatic carbocycles. The molecule has 0 atom stereocenters. The first-order chi connectivity index (χ1) is 9.22. The van der Waals surface area contributed by atoms with Crippen molar-refractivity contribution in [2.45, 2.75) is 26.4 Å². The molecule has 0 amide bonds. The van der Waals surface area contributed by atoms with Gasteiger partial charge in [0.15, 0.2) is 0 Å². The van der Waals surface area contributed by atoms with Gasteiger partial charge in [0.1, 0.15) is 5.75 Å². The van der Waals surface area contributed by atoms with Gasteiger partial charge in [0.25, 0.3) is 0 Å². The van der Waals surface area contributed by atoms with Gasteiger partial charge in [-0.15, -0.1) is 0 Å². The number of hydrogen-bond acceptors (Lipinski definition) is 3. The average molecular weight is 324 g/mol. The van der Waals surface area contributed by atoms with Gasteiger partial charge in [-0.3, -0.25) is 4.68 Å². The standard InChI is InChI=1S/C14H18BrN3O/c1-3-6-18-10-11(9-17-18)8-16-12-4-5-13(15)14(7-12)19-2/h4-5,7,9-10,16H,3,6,8H2,1-2H3. The molecule has 0 spiro atoms. The molecule has 0 aliphatic rings. The summed E-state index contributed by atoms with van der Waals surface area (Å²) in [7, 11) is 1.67. The second-order valence-corrected chi connectivity index (χ2v) is 5.17. The lowest BCUT2D eigenvalue weighted by Gasteiger charge is -2.08.